The van der Waals surface area contributed by atoms with Gasteiger partial charge < -0.3 is 24.6 Å². The van der Waals surface area contributed by atoms with Crippen LogP contribution in [0.1, 0.15) is 29.3 Å². The molecule has 0 saturated carbocycles. The number of nitrogens with one attached hydrogen (secondary N) is 1. The third kappa shape index (κ3) is 7.97. The van der Waals surface area contributed by atoms with Crippen molar-refractivity contribution < 1.29 is 37.3 Å². The first-order chi connectivity index (χ1) is 17.7. The number of phenolic OH excluding ortho intramolecular Hbond substituents is 1. The van der Waals surface area contributed by atoms with Gasteiger partial charge in [0.2, 0.25) is 0 Å². The molecule has 2 N–H and O–H groups in total. The number of aryl methyl sites for hydroxylation is 1. The quantitative estimate of drug-likeness (QED) is 0.271. The summed E-state index contributed by atoms with van der Waals surface area (Å²) in [6, 6.07) is 18.7. The zero-order valence-electron chi connectivity index (χ0n) is 20.5. The highest BCUT2D eigenvalue weighted by atomic mass is 32.2. The van der Waals surface area contributed by atoms with E-state index < -0.39 is 27.9 Å². The molecule has 0 spiro atoms. The molecule has 37 heavy (non-hydrogen) atoms. The molecule has 1 unspecified atom stereocenters. The second-order valence-corrected chi connectivity index (χ2v) is 10.1. The smallest absolute Gasteiger partial charge is 0.369 e. The highest BCUT2D eigenvalue weighted by Crippen LogP contribution is 2.19. The Kier molecular flexibility index (Phi) is 9.51. The second kappa shape index (κ2) is 12.8. The Balaban J connectivity index is 1.60. The fourth-order valence-corrected chi connectivity index (χ4v) is 4.74. The summed E-state index contributed by atoms with van der Waals surface area (Å²) in [4.78, 5) is 25.3. The largest absolute Gasteiger partial charge is 0.508 e. The fourth-order valence-electron chi connectivity index (χ4n) is 3.43. The molecule has 0 radical (unpaired) electrons. The van der Waals surface area contributed by atoms with Crippen LogP contribution in [-0.2, 0) is 25.8 Å². The number of ether oxygens (including phenoxy) is 3. The van der Waals surface area contributed by atoms with E-state index in [0.717, 1.165) is 5.56 Å². The van der Waals surface area contributed by atoms with Crippen LogP contribution in [0.2, 0.25) is 0 Å². The van der Waals surface area contributed by atoms with Crippen molar-refractivity contribution in [1.82, 2.24) is 5.32 Å². The summed E-state index contributed by atoms with van der Waals surface area (Å²) in [6.45, 7) is 1.76. The lowest BCUT2D eigenvalue weighted by Crippen LogP contribution is -2.46. The minimum absolute atomic E-state index is 0.00585. The van der Waals surface area contributed by atoms with Gasteiger partial charge in [-0.2, -0.15) is 0 Å². The molecule has 9 nitrogen and oxygen atoms in total. The molecule has 0 aliphatic carbocycles. The third-order valence-corrected chi connectivity index (χ3v) is 7.16. The highest BCUT2D eigenvalue weighted by Gasteiger charge is 2.25. The monoisotopic (exact) mass is 527 g/mol. The van der Waals surface area contributed by atoms with Gasteiger partial charge >= 0.3 is 5.97 Å². The Bertz CT molecular complexity index is 1300. The Hall–Kier alpha value is -4.05. The summed E-state index contributed by atoms with van der Waals surface area (Å²) in [5.74, 6) is -0.508. The van der Waals surface area contributed by atoms with Crippen molar-refractivity contribution in [2.75, 3.05) is 19.5 Å². The van der Waals surface area contributed by atoms with E-state index in [0.29, 0.717) is 24.3 Å². The van der Waals surface area contributed by atoms with Crippen LogP contribution in [0.4, 0.5) is 0 Å². The van der Waals surface area contributed by atoms with Gasteiger partial charge in [-0.15, -0.1) is 0 Å². The molecule has 1 atom stereocenters. The molecule has 3 rings (SSSR count). The van der Waals surface area contributed by atoms with Crippen molar-refractivity contribution in [3.05, 3.63) is 83.9 Å². The zero-order chi connectivity index (χ0) is 26.8. The highest BCUT2D eigenvalue weighted by molar-refractivity contribution is 7.91. The first kappa shape index (κ1) is 27.5. The van der Waals surface area contributed by atoms with Crippen LogP contribution in [0.25, 0.3) is 0 Å². The van der Waals surface area contributed by atoms with Gasteiger partial charge in [-0.05, 0) is 79.9 Å². The molecule has 0 saturated heterocycles. The number of carbonyl (C=O) groups is 2. The van der Waals surface area contributed by atoms with Crippen molar-refractivity contribution >= 4 is 21.7 Å². The van der Waals surface area contributed by atoms with Crippen LogP contribution in [0.5, 0.6) is 17.2 Å². The number of benzene rings is 3. The molecule has 0 fully saturated rings. The van der Waals surface area contributed by atoms with Crippen molar-refractivity contribution in [2.24, 2.45) is 0 Å². The second-order valence-electron chi connectivity index (χ2n) is 8.02. The predicted molar refractivity (Wildman–Crippen MR) is 136 cm³/mol. The Morgan fingerprint density at radius 2 is 1.68 bits per heavy atom. The van der Waals surface area contributed by atoms with E-state index in [1.807, 2.05) is 0 Å². The lowest BCUT2D eigenvalue weighted by molar-refractivity contribution is -0.152. The Labute approximate surface area is 215 Å². The maximum absolute atomic E-state index is 12.7. The maximum Gasteiger partial charge on any atom is 0.369 e. The topological polar surface area (TPSA) is 128 Å². The number of methoxy groups -OCH3 is 1. The molecule has 3 aromatic rings. The van der Waals surface area contributed by atoms with Crippen molar-refractivity contribution in [2.45, 2.75) is 30.9 Å². The van der Waals surface area contributed by atoms with Gasteiger partial charge in [-0.1, -0.05) is 18.2 Å². The number of phenols is 1. The van der Waals surface area contributed by atoms with E-state index >= 15 is 0 Å². The Morgan fingerprint density at radius 3 is 2.32 bits per heavy atom. The first-order valence-electron chi connectivity index (χ1n) is 11.6. The van der Waals surface area contributed by atoms with Gasteiger partial charge in [0.1, 0.15) is 17.2 Å². The van der Waals surface area contributed by atoms with Gasteiger partial charge in [-0.25, -0.2) is 13.2 Å². The van der Waals surface area contributed by atoms with Crippen LogP contribution >= 0.6 is 0 Å². The summed E-state index contributed by atoms with van der Waals surface area (Å²) in [5.41, 5.74) is 1.16. The maximum atomic E-state index is 12.7. The van der Waals surface area contributed by atoms with Crippen LogP contribution in [0.3, 0.4) is 0 Å². The molecule has 0 heterocycles. The average Bonchev–Trinajstić information content (AvgIpc) is 2.89. The van der Waals surface area contributed by atoms with Gasteiger partial charge in [0.15, 0.2) is 9.84 Å². The van der Waals surface area contributed by atoms with E-state index in [4.69, 9.17) is 14.2 Å². The molecule has 196 valence electrons. The first-order valence-corrected chi connectivity index (χ1v) is 13.3. The van der Waals surface area contributed by atoms with E-state index in [-0.39, 0.29) is 28.6 Å². The molecular formula is C27H29NO8S. The predicted octanol–water partition coefficient (Wildman–Crippen LogP) is 3.51. The van der Waals surface area contributed by atoms with Crippen LogP contribution in [0, 0.1) is 0 Å². The molecule has 0 aliphatic rings. The SMILES string of the molecule is CCOC(=O)C(NC(=O)c1cccc(OC)c1)Oc1ccc(CCCS(=O)(=O)c2ccc(O)cc2)cc1. The van der Waals surface area contributed by atoms with E-state index in [2.05, 4.69) is 5.32 Å². The van der Waals surface area contributed by atoms with Gasteiger partial charge in [0.05, 0.1) is 24.4 Å². The zero-order valence-corrected chi connectivity index (χ0v) is 21.4. The van der Waals surface area contributed by atoms with E-state index in [9.17, 15) is 23.1 Å². The molecule has 0 aliphatic heterocycles. The lowest BCUT2D eigenvalue weighted by Gasteiger charge is -2.19. The summed E-state index contributed by atoms with van der Waals surface area (Å²) in [5, 5.41) is 11.9. The van der Waals surface area contributed by atoms with E-state index in [1.165, 1.54) is 37.4 Å². The average molecular weight is 528 g/mol. The molecule has 3 aromatic carbocycles. The van der Waals surface area contributed by atoms with Crippen molar-refractivity contribution in [3.63, 3.8) is 0 Å². The normalized spacial score (nSPS) is 11.8. The number of carbonyl (C=O) groups excluding carboxylic acids is 2. The van der Waals surface area contributed by atoms with E-state index in [1.54, 1.807) is 49.4 Å². The van der Waals surface area contributed by atoms with Crippen molar-refractivity contribution in [3.8, 4) is 17.2 Å². The molecule has 1 amide bonds. The number of hydrogen-bond acceptors (Lipinski definition) is 8. The van der Waals surface area contributed by atoms with Gasteiger partial charge in [0, 0.05) is 5.56 Å². The molecule has 10 heteroatoms. The minimum atomic E-state index is -3.46. The van der Waals surface area contributed by atoms with Crippen LogP contribution in [-0.4, -0.2) is 51.1 Å². The summed E-state index contributed by atoms with van der Waals surface area (Å²) in [7, 11) is -1.97. The molecular weight excluding hydrogens is 498 g/mol. The molecule has 0 bridgehead atoms. The third-order valence-electron chi connectivity index (χ3n) is 5.35. The summed E-state index contributed by atoms with van der Waals surface area (Å²) >= 11 is 0. The number of aromatic hydroxyl groups is 1. The summed E-state index contributed by atoms with van der Waals surface area (Å²) in [6.07, 6.45) is -0.475. The lowest BCUT2D eigenvalue weighted by atomic mass is 10.1. The minimum Gasteiger partial charge on any atom is -0.508 e. The van der Waals surface area contributed by atoms with Crippen molar-refractivity contribution in [1.29, 1.82) is 0 Å². The standard InChI is InChI=1S/C27H29NO8S/c1-3-35-27(31)26(28-25(30)20-7-4-8-23(18-20)34-2)36-22-13-9-19(10-14-22)6-5-17-37(32,33)24-15-11-21(29)12-16-24/h4,7-16,18,26,29H,3,5-6,17H2,1-2H3,(H,28,30). The number of amides is 1. The number of rotatable bonds is 12. The number of esters is 1. The van der Waals surface area contributed by atoms with Gasteiger partial charge in [0.25, 0.3) is 12.1 Å². The number of hydrogen-bond donors (Lipinski definition) is 2. The van der Waals surface area contributed by atoms with Crippen LogP contribution < -0.4 is 14.8 Å². The Morgan fingerprint density at radius 1 is 0.973 bits per heavy atom. The molecule has 0 aromatic heterocycles. The number of sulfone groups is 1. The fraction of sp³-hybridized carbons (Fsp3) is 0.259. The summed E-state index contributed by atoms with van der Waals surface area (Å²) < 4.78 is 40.8. The van der Waals surface area contributed by atoms with Gasteiger partial charge in [-0.3, -0.25) is 4.79 Å². The van der Waals surface area contributed by atoms with Crippen LogP contribution in [0.15, 0.2) is 77.7 Å².